The largest absolute Gasteiger partial charge is 0.494 e. The van der Waals surface area contributed by atoms with Crippen LogP contribution in [0.1, 0.15) is 141 Å². The number of nitrogens with zero attached hydrogens (tertiary/aromatic N) is 2. The number of ether oxygens (including phenoxy) is 1. The quantitative estimate of drug-likeness (QED) is 0.163. The van der Waals surface area contributed by atoms with E-state index >= 15 is 0 Å². The van der Waals surface area contributed by atoms with Gasteiger partial charge in [0.1, 0.15) is 5.75 Å². The van der Waals surface area contributed by atoms with Crippen LogP contribution < -0.4 is 4.74 Å². The highest BCUT2D eigenvalue weighted by Gasteiger charge is 2.20. The van der Waals surface area contributed by atoms with Gasteiger partial charge in [0.15, 0.2) is 5.82 Å². The average molecular weight is 521 g/mol. The van der Waals surface area contributed by atoms with Gasteiger partial charge >= 0.3 is 0 Å². The number of unbranched alkanes of at least 4 members (excludes halogenated alkanes) is 11. The number of aryl methyl sites for hydroxylation is 1. The van der Waals surface area contributed by atoms with Gasteiger partial charge in [-0.25, -0.2) is 9.97 Å². The molecule has 1 aromatic heterocycles. The van der Waals surface area contributed by atoms with Crippen LogP contribution in [0, 0.1) is 11.8 Å². The van der Waals surface area contributed by atoms with Crippen molar-refractivity contribution in [3.8, 4) is 17.1 Å². The molecule has 1 aromatic carbocycles. The van der Waals surface area contributed by atoms with Gasteiger partial charge in [-0.1, -0.05) is 123 Å². The Balaban J connectivity index is 1.28. The van der Waals surface area contributed by atoms with Crippen molar-refractivity contribution in [2.45, 2.75) is 142 Å². The number of aromatic nitrogens is 2. The summed E-state index contributed by atoms with van der Waals surface area (Å²) in [5.41, 5.74) is 2.33. The maximum absolute atomic E-state index is 5.95. The lowest BCUT2D eigenvalue weighted by atomic mass is 9.78. The Morgan fingerprint density at radius 3 is 1.76 bits per heavy atom. The molecule has 0 unspecified atom stereocenters. The van der Waals surface area contributed by atoms with E-state index in [9.17, 15) is 0 Å². The predicted molar refractivity (Wildman–Crippen MR) is 163 cm³/mol. The minimum atomic E-state index is 0.806. The molecule has 0 radical (unpaired) electrons. The second-order valence-corrected chi connectivity index (χ2v) is 11.9. The third-order valence-corrected chi connectivity index (χ3v) is 8.61. The van der Waals surface area contributed by atoms with E-state index in [0.717, 1.165) is 48.4 Å². The Labute approximate surface area is 234 Å². The van der Waals surface area contributed by atoms with E-state index in [0.29, 0.717) is 0 Å². The summed E-state index contributed by atoms with van der Waals surface area (Å²) >= 11 is 0. The molecule has 0 spiro atoms. The molecule has 2 aromatic rings. The Bertz CT molecular complexity index is 824. The summed E-state index contributed by atoms with van der Waals surface area (Å²) in [6, 6.07) is 8.28. The highest BCUT2D eigenvalue weighted by atomic mass is 16.5. The van der Waals surface area contributed by atoms with Crippen LogP contribution in [0.2, 0.25) is 0 Å². The highest BCUT2D eigenvalue weighted by molar-refractivity contribution is 5.55. The highest BCUT2D eigenvalue weighted by Crippen LogP contribution is 2.34. The van der Waals surface area contributed by atoms with Gasteiger partial charge in [-0.2, -0.15) is 0 Å². The lowest BCUT2D eigenvalue weighted by molar-refractivity contribution is 0.248. The molecule has 38 heavy (non-hydrogen) atoms. The molecular formula is C35H56N2O. The van der Waals surface area contributed by atoms with Gasteiger partial charge in [0.25, 0.3) is 0 Å². The molecule has 1 heterocycles. The zero-order valence-corrected chi connectivity index (χ0v) is 24.8. The number of hydrogen-bond donors (Lipinski definition) is 0. The van der Waals surface area contributed by atoms with Crippen LogP contribution >= 0.6 is 0 Å². The second-order valence-electron chi connectivity index (χ2n) is 11.9. The van der Waals surface area contributed by atoms with Gasteiger partial charge in [0.05, 0.1) is 6.61 Å². The number of rotatable bonds is 20. The fourth-order valence-corrected chi connectivity index (χ4v) is 5.98. The summed E-state index contributed by atoms with van der Waals surface area (Å²) in [6.45, 7) is 5.38. The van der Waals surface area contributed by atoms with E-state index < -0.39 is 0 Å². The number of benzene rings is 1. The van der Waals surface area contributed by atoms with Gasteiger partial charge in [0.2, 0.25) is 0 Å². The summed E-state index contributed by atoms with van der Waals surface area (Å²) in [7, 11) is 0. The first-order valence-corrected chi connectivity index (χ1v) is 16.3. The molecule has 0 amide bonds. The van der Waals surface area contributed by atoms with Crippen LogP contribution in [-0.2, 0) is 6.42 Å². The van der Waals surface area contributed by atoms with Crippen molar-refractivity contribution in [1.82, 2.24) is 9.97 Å². The van der Waals surface area contributed by atoms with Crippen molar-refractivity contribution in [3.05, 3.63) is 42.2 Å². The third kappa shape index (κ3) is 12.3. The average Bonchev–Trinajstić information content (AvgIpc) is 2.96. The summed E-state index contributed by atoms with van der Waals surface area (Å²) < 4.78 is 5.95. The normalized spacial score (nSPS) is 17.5. The Morgan fingerprint density at radius 1 is 0.632 bits per heavy atom. The molecule has 1 aliphatic rings. The van der Waals surface area contributed by atoms with Gasteiger partial charge in [-0.15, -0.1) is 0 Å². The lowest BCUT2D eigenvalue weighted by Gasteiger charge is -2.28. The second kappa shape index (κ2) is 19.2. The van der Waals surface area contributed by atoms with Crippen LogP contribution in [0.25, 0.3) is 11.4 Å². The van der Waals surface area contributed by atoms with Crippen LogP contribution in [0.3, 0.4) is 0 Å². The summed E-state index contributed by atoms with van der Waals surface area (Å²) in [6.07, 6.45) is 31.4. The first-order valence-electron chi connectivity index (χ1n) is 16.3. The van der Waals surface area contributed by atoms with Crippen molar-refractivity contribution in [3.63, 3.8) is 0 Å². The van der Waals surface area contributed by atoms with E-state index in [1.54, 1.807) is 0 Å². The van der Waals surface area contributed by atoms with Gasteiger partial charge in [-0.05, 0) is 60.9 Å². The zero-order chi connectivity index (χ0) is 26.7. The van der Waals surface area contributed by atoms with E-state index in [1.807, 2.05) is 12.4 Å². The van der Waals surface area contributed by atoms with E-state index in [4.69, 9.17) is 4.74 Å². The Hall–Kier alpha value is -1.90. The van der Waals surface area contributed by atoms with Crippen molar-refractivity contribution in [1.29, 1.82) is 0 Å². The minimum Gasteiger partial charge on any atom is -0.494 e. The zero-order valence-electron chi connectivity index (χ0n) is 24.8. The van der Waals surface area contributed by atoms with Crippen LogP contribution in [0.5, 0.6) is 5.75 Å². The fraction of sp³-hybridized carbons (Fsp3) is 0.714. The Kier molecular flexibility index (Phi) is 15.5. The molecule has 3 heteroatoms. The van der Waals surface area contributed by atoms with Gasteiger partial charge in [0, 0.05) is 18.0 Å². The molecule has 0 bridgehead atoms. The van der Waals surface area contributed by atoms with Gasteiger partial charge < -0.3 is 4.74 Å². The maximum atomic E-state index is 5.95. The topological polar surface area (TPSA) is 35.0 Å². The molecule has 212 valence electrons. The monoisotopic (exact) mass is 520 g/mol. The van der Waals surface area contributed by atoms with E-state index in [1.165, 1.54) is 121 Å². The molecule has 1 fully saturated rings. The molecule has 1 saturated carbocycles. The standard InChI is InChI=1S/C35H56N2O/c1-3-5-7-9-10-11-13-15-27-38-34-25-23-33(24-26-34)35-36-28-32(29-37-35)22-21-31-19-17-30(18-20-31)16-14-12-8-6-4-2/h23-26,28-31H,3-22,27H2,1-2H3/t30-,31-. The summed E-state index contributed by atoms with van der Waals surface area (Å²) in [5.74, 6) is 3.64. The van der Waals surface area contributed by atoms with Crippen LogP contribution in [-0.4, -0.2) is 16.6 Å². The van der Waals surface area contributed by atoms with Crippen LogP contribution in [0.15, 0.2) is 36.7 Å². The molecule has 0 aliphatic heterocycles. The summed E-state index contributed by atoms with van der Waals surface area (Å²) in [5, 5.41) is 0. The van der Waals surface area contributed by atoms with E-state index in [-0.39, 0.29) is 0 Å². The van der Waals surface area contributed by atoms with E-state index in [2.05, 4.69) is 48.1 Å². The summed E-state index contributed by atoms with van der Waals surface area (Å²) in [4.78, 5) is 9.36. The van der Waals surface area contributed by atoms with Crippen molar-refractivity contribution in [2.75, 3.05) is 6.61 Å². The van der Waals surface area contributed by atoms with Crippen molar-refractivity contribution in [2.24, 2.45) is 11.8 Å². The third-order valence-electron chi connectivity index (χ3n) is 8.61. The molecule has 0 atom stereocenters. The Morgan fingerprint density at radius 2 is 1.16 bits per heavy atom. The smallest absolute Gasteiger partial charge is 0.159 e. The van der Waals surface area contributed by atoms with Crippen molar-refractivity contribution >= 4 is 0 Å². The molecule has 1 aliphatic carbocycles. The van der Waals surface area contributed by atoms with Crippen LogP contribution in [0.4, 0.5) is 0 Å². The van der Waals surface area contributed by atoms with Gasteiger partial charge in [-0.3, -0.25) is 0 Å². The van der Waals surface area contributed by atoms with Crippen molar-refractivity contribution < 1.29 is 4.74 Å². The molecule has 0 N–H and O–H groups in total. The molecule has 0 saturated heterocycles. The first kappa shape index (κ1) is 30.6. The minimum absolute atomic E-state index is 0.806. The molecular weight excluding hydrogens is 464 g/mol. The maximum Gasteiger partial charge on any atom is 0.159 e. The molecule has 3 nitrogen and oxygen atoms in total. The fourth-order valence-electron chi connectivity index (χ4n) is 5.98. The predicted octanol–water partition coefficient (Wildman–Crippen LogP) is 10.8. The lowest BCUT2D eigenvalue weighted by Crippen LogP contribution is -2.15. The first-order chi connectivity index (χ1) is 18.8. The number of hydrogen-bond acceptors (Lipinski definition) is 3. The molecule has 3 rings (SSSR count). The SMILES string of the molecule is CCCCCCCCCCOc1ccc(-c2ncc(CC[C@H]3CC[C@H](CCCCCCC)CC3)cn2)cc1.